The van der Waals surface area contributed by atoms with Crippen LogP contribution in [0.2, 0.25) is 0 Å². The van der Waals surface area contributed by atoms with Gasteiger partial charge in [0, 0.05) is 24.7 Å². The van der Waals surface area contributed by atoms with Crippen molar-refractivity contribution < 1.29 is 18.7 Å². The summed E-state index contributed by atoms with van der Waals surface area (Å²) in [4.78, 5) is 13.1. The lowest BCUT2D eigenvalue weighted by Crippen LogP contribution is -2.33. The molecule has 0 heterocycles. The molecule has 1 aromatic rings. The first-order chi connectivity index (χ1) is 7.58. The largest absolute Gasteiger partial charge is 0.395 e. The van der Waals surface area contributed by atoms with E-state index in [-0.39, 0.29) is 18.7 Å². The summed E-state index contributed by atoms with van der Waals surface area (Å²) in [5.74, 6) is -2.07. The summed E-state index contributed by atoms with van der Waals surface area (Å²) >= 11 is 0. The van der Waals surface area contributed by atoms with Crippen molar-refractivity contribution in [1.29, 1.82) is 0 Å². The first kappa shape index (κ1) is 12.6. The zero-order valence-corrected chi connectivity index (χ0v) is 8.91. The van der Waals surface area contributed by atoms with Gasteiger partial charge in [-0.2, -0.15) is 0 Å². The number of aliphatic hydroxyl groups excluding tert-OH is 1. The maximum atomic E-state index is 12.9. The molecular weight excluding hydrogens is 216 g/mol. The van der Waals surface area contributed by atoms with Gasteiger partial charge >= 0.3 is 0 Å². The number of carbonyl (C=O) groups excluding carboxylic acids is 1. The second kappa shape index (κ2) is 5.55. The van der Waals surface area contributed by atoms with Gasteiger partial charge < -0.3 is 10.0 Å². The van der Waals surface area contributed by atoms with E-state index in [0.29, 0.717) is 12.6 Å². The molecular formula is C11H13F2NO2. The topological polar surface area (TPSA) is 40.5 Å². The smallest absolute Gasteiger partial charge is 0.254 e. The summed E-state index contributed by atoms with van der Waals surface area (Å²) in [5.41, 5.74) is -0.0483. The van der Waals surface area contributed by atoms with Gasteiger partial charge in [0.15, 0.2) is 0 Å². The van der Waals surface area contributed by atoms with Crippen LogP contribution in [0.5, 0.6) is 0 Å². The maximum Gasteiger partial charge on any atom is 0.254 e. The number of rotatable bonds is 4. The second-order valence-corrected chi connectivity index (χ2v) is 3.27. The molecule has 0 aliphatic rings. The number of likely N-dealkylation sites (N-methyl/N-ethyl adjacent to an activating group) is 1. The monoisotopic (exact) mass is 229 g/mol. The fourth-order valence-corrected chi connectivity index (χ4v) is 1.38. The van der Waals surface area contributed by atoms with Crippen molar-refractivity contribution in [2.45, 2.75) is 6.92 Å². The van der Waals surface area contributed by atoms with Crippen LogP contribution in [0.3, 0.4) is 0 Å². The number of aliphatic hydroxyl groups is 1. The Morgan fingerprint density at radius 1 is 1.31 bits per heavy atom. The first-order valence-corrected chi connectivity index (χ1v) is 4.94. The highest BCUT2D eigenvalue weighted by molar-refractivity contribution is 5.94. The molecule has 88 valence electrons. The van der Waals surface area contributed by atoms with Crippen LogP contribution in [-0.2, 0) is 0 Å². The van der Waals surface area contributed by atoms with Crippen molar-refractivity contribution in [2.24, 2.45) is 0 Å². The summed E-state index contributed by atoms with van der Waals surface area (Å²) in [5, 5.41) is 8.73. The number of amides is 1. The Bertz CT molecular complexity index is 362. The highest BCUT2D eigenvalue weighted by atomic mass is 19.1. The average Bonchev–Trinajstić information content (AvgIpc) is 2.23. The molecule has 1 rings (SSSR count). The van der Waals surface area contributed by atoms with Crippen LogP contribution in [0.4, 0.5) is 8.78 Å². The molecule has 0 aliphatic heterocycles. The summed E-state index contributed by atoms with van der Waals surface area (Å²) < 4.78 is 25.8. The minimum Gasteiger partial charge on any atom is -0.395 e. The van der Waals surface area contributed by atoms with Gasteiger partial charge in [0.05, 0.1) is 6.61 Å². The number of nitrogens with zero attached hydrogens (tertiary/aromatic N) is 1. The third kappa shape index (κ3) is 3.00. The van der Waals surface area contributed by atoms with E-state index < -0.39 is 17.5 Å². The van der Waals surface area contributed by atoms with E-state index in [9.17, 15) is 13.6 Å². The zero-order valence-electron chi connectivity index (χ0n) is 8.91. The Hall–Kier alpha value is -1.49. The highest BCUT2D eigenvalue weighted by Gasteiger charge is 2.15. The molecule has 0 bridgehead atoms. The molecule has 0 unspecified atom stereocenters. The third-order valence-corrected chi connectivity index (χ3v) is 2.15. The lowest BCUT2D eigenvalue weighted by Gasteiger charge is -2.19. The van der Waals surface area contributed by atoms with Gasteiger partial charge in [0.25, 0.3) is 5.91 Å². The molecule has 0 saturated carbocycles. The zero-order chi connectivity index (χ0) is 12.1. The van der Waals surface area contributed by atoms with Crippen LogP contribution in [-0.4, -0.2) is 35.6 Å². The lowest BCUT2D eigenvalue weighted by molar-refractivity contribution is 0.0731. The van der Waals surface area contributed by atoms with Gasteiger partial charge in [0.1, 0.15) is 11.6 Å². The van der Waals surface area contributed by atoms with Gasteiger partial charge in [-0.3, -0.25) is 4.79 Å². The van der Waals surface area contributed by atoms with Crippen molar-refractivity contribution in [1.82, 2.24) is 4.90 Å². The van der Waals surface area contributed by atoms with Crippen molar-refractivity contribution in [3.05, 3.63) is 35.4 Å². The Balaban J connectivity index is 2.94. The van der Waals surface area contributed by atoms with E-state index in [1.165, 1.54) is 4.90 Å². The third-order valence-electron chi connectivity index (χ3n) is 2.15. The second-order valence-electron chi connectivity index (χ2n) is 3.27. The predicted octanol–water partition coefficient (Wildman–Crippen LogP) is 1.42. The molecule has 0 saturated heterocycles. The summed E-state index contributed by atoms with van der Waals surface area (Å²) in [6.45, 7) is 2.06. The van der Waals surface area contributed by atoms with Gasteiger partial charge in [-0.25, -0.2) is 8.78 Å². The highest BCUT2D eigenvalue weighted by Crippen LogP contribution is 2.10. The minimum atomic E-state index is -0.789. The SMILES string of the molecule is CCN(CCO)C(=O)c1cc(F)cc(F)c1. The van der Waals surface area contributed by atoms with E-state index in [2.05, 4.69) is 0 Å². The molecule has 0 fully saturated rings. The van der Waals surface area contributed by atoms with E-state index in [1.54, 1.807) is 6.92 Å². The minimum absolute atomic E-state index is 0.0483. The van der Waals surface area contributed by atoms with Crippen molar-refractivity contribution in [3.63, 3.8) is 0 Å². The molecule has 0 atom stereocenters. The van der Waals surface area contributed by atoms with Crippen LogP contribution >= 0.6 is 0 Å². The molecule has 5 heteroatoms. The molecule has 1 aromatic carbocycles. The molecule has 1 N–H and O–H groups in total. The van der Waals surface area contributed by atoms with Crippen LogP contribution < -0.4 is 0 Å². The van der Waals surface area contributed by atoms with Crippen LogP contribution in [0, 0.1) is 11.6 Å². The van der Waals surface area contributed by atoms with E-state index in [1.807, 2.05) is 0 Å². The molecule has 0 spiro atoms. The number of halogens is 2. The Labute approximate surface area is 92.3 Å². The van der Waals surface area contributed by atoms with Gasteiger partial charge in [-0.1, -0.05) is 0 Å². The normalized spacial score (nSPS) is 10.2. The van der Waals surface area contributed by atoms with Gasteiger partial charge in [-0.05, 0) is 19.1 Å². The van der Waals surface area contributed by atoms with E-state index in [0.717, 1.165) is 12.1 Å². The number of hydrogen-bond acceptors (Lipinski definition) is 2. The first-order valence-electron chi connectivity index (χ1n) is 4.94. The Morgan fingerprint density at radius 2 is 1.88 bits per heavy atom. The summed E-state index contributed by atoms with van der Waals surface area (Å²) in [6, 6.07) is 2.66. The number of benzene rings is 1. The van der Waals surface area contributed by atoms with Gasteiger partial charge in [-0.15, -0.1) is 0 Å². The molecule has 1 amide bonds. The van der Waals surface area contributed by atoms with Crippen molar-refractivity contribution in [3.8, 4) is 0 Å². The van der Waals surface area contributed by atoms with E-state index in [4.69, 9.17) is 5.11 Å². The lowest BCUT2D eigenvalue weighted by atomic mass is 10.2. The Kier molecular flexibility index (Phi) is 4.37. The number of carbonyl (C=O) groups is 1. The fraction of sp³-hybridized carbons (Fsp3) is 0.364. The molecule has 0 radical (unpaired) electrons. The molecule has 3 nitrogen and oxygen atoms in total. The summed E-state index contributed by atoms with van der Waals surface area (Å²) in [6.07, 6.45) is 0. The summed E-state index contributed by atoms with van der Waals surface area (Å²) in [7, 11) is 0. The molecule has 0 aromatic heterocycles. The van der Waals surface area contributed by atoms with Crippen LogP contribution in [0.15, 0.2) is 18.2 Å². The van der Waals surface area contributed by atoms with Crippen molar-refractivity contribution >= 4 is 5.91 Å². The van der Waals surface area contributed by atoms with Crippen LogP contribution in [0.25, 0.3) is 0 Å². The van der Waals surface area contributed by atoms with Crippen LogP contribution in [0.1, 0.15) is 17.3 Å². The van der Waals surface area contributed by atoms with E-state index >= 15 is 0 Å². The predicted molar refractivity (Wildman–Crippen MR) is 55.0 cm³/mol. The maximum absolute atomic E-state index is 12.9. The van der Waals surface area contributed by atoms with Gasteiger partial charge in [0.2, 0.25) is 0 Å². The molecule has 0 aliphatic carbocycles. The quantitative estimate of drug-likeness (QED) is 0.848. The Morgan fingerprint density at radius 3 is 2.31 bits per heavy atom. The average molecular weight is 229 g/mol. The fourth-order valence-electron chi connectivity index (χ4n) is 1.38. The standard InChI is InChI=1S/C11H13F2NO2/c1-2-14(3-4-15)11(16)8-5-9(12)7-10(13)6-8/h5-7,15H,2-4H2,1H3. The number of hydrogen-bond donors (Lipinski definition) is 1. The molecule has 16 heavy (non-hydrogen) atoms. The van der Waals surface area contributed by atoms with Crippen molar-refractivity contribution in [2.75, 3.05) is 19.7 Å².